The van der Waals surface area contributed by atoms with Gasteiger partial charge in [0, 0.05) is 19.1 Å². The largest absolute Gasteiger partial charge is 0.489 e. The summed E-state index contributed by atoms with van der Waals surface area (Å²) in [5.74, 6) is 0.584. The van der Waals surface area contributed by atoms with Crippen molar-refractivity contribution in [3.8, 4) is 5.75 Å². The standard InChI is InChI=1S/C22H27N3O4/c1-13(2)29-20-16(14-8-10-28-11-9-14)4-3-5-17(20)25-21-19(22(26)27)24-18(12-23-21)15-6-7-15/h3-5,12-15H,6-11H2,1-2H3,(H,23,25)(H,26,27). The highest BCUT2D eigenvalue weighted by Crippen LogP contribution is 2.41. The van der Waals surface area contributed by atoms with E-state index in [-0.39, 0.29) is 17.6 Å². The summed E-state index contributed by atoms with van der Waals surface area (Å²) in [5.41, 5.74) is 2.52. The van der Waals surface area contributed by atoms with Crippen LogP contribution in [-0.2, 0) is 4.74 Å². The van der Waals surface area contributed by atoms with Crippen LogP contribution in [0, 0.1) is 0 Å². The molecule has 1 aromatic carbocycles. The van der Waals surface area contributed by atoms with Crippen LogP contribution in [0.4, 0.5) is 11.5 Å². The van der Waals surface area contributed by atoms with Crippen LogP contribution in [0.3, 0.4) is 0 Å². The number of aromatic carboxylic acids is 1. The maximum atomic E-state index is 11.8. The van der Waals surface area contributed by atoms with Crippen LogP contribution in [0.1, 0.15) is 73.1 Å². The number of aromatic nitrogens is 2. The van der Waals surface area contributed by atoms with Crippen molar-refractivity contribution in [2.24, 2.45) is 0 Å². The highest BCUT2D eigenvalue weighted by molar-refractivity contribution is 5.92. The van der Waals surface area contributed by atoms with Gasteiger partial charge in [0.05, 0.1) is 23.7 Å². The molecular weight excluding hydrogens is 370 g/mol. The fraction of sp³-hybridized carbons (Fsp3) is 0.500. The van der Waals surface area contributed by atoms with E-state index in [1.807, 2.05) is 26.0 Å². The molecule has 1 aliphatic carbocycles. The Bertz CT molecular complexity index is 890. The Morgan fingerprint density at radius 2 is 1.97 bits per heavy atom. The first-order chi connectivity index (χ1) is 14.0. The van der Waals surface area contributed by atoms with Crippen molar-refractivity contribution < 1.29 is 19.4 Å². The molecule has 0 spiro atoms. The number of carboxylic acid groups (broad SMARTS) is 1. The second-order valence-electron chi connectivity index (χ2n) is 7.97. The van der Waals surface area contributed by atoms with E-state index in [1.54, 1.807) is 6.20 Å². The Hall–Kier alpha value is -2.67. The monoisotopic (exact) mass is 397 g/mol. The minimum absolute atomic E-state index is 0.0150. The van der Waals surface area contributed by atoms with E-state index in [9.17, 15) is 9.90 Å². The van der Waals surface area contributed by atoms with Gasteiger partial charge in [0.2, 0.25) is 0 Å². The molecule has 2 N–H and O–H groups in total. The lowest BCUT2D eigenvalue weighted by molar-refractivity contribution is 0.0691. The number of nitrogens with zero attached hydrogens (tertiary/aromatic N) is 2. The molecule has 1 saturated heterocycles. The van der Waals surface area contributed by atoms with Gasteiger partial charge in [-0.15, -0.1) is 0 Å². The Balaban J connectivity index is 1.70. The maximum absolute atomic E-state index is 11.8. The number of para-hydroxylation sites is 1. The zero-order valence-electron chi connectivity index (χ0n) is 16.9. The molecule has 2 aliphatic rings. The Labute approximate surface area is 170 Å². The molecule has 0 radical (unpaired) electrons. The highest BCUT2D eigenvalue weighted by Gasteiger charge is 2.28. The molecule has 0 atom stereocenters. The van der Waals surface area contributed by atoms with Crippen molar-refractivity contribution in [3.63, 3.8) is 0 Å². The normalized spacial score (nSPS) is 17.3. The van der Waals surface area contributed by atoms with Gasteiger partial charge in [-0.2, -0.15) is 0 Å². The van der Waals surface area contributed by atoms with Crippen LogP contribution >= 0.6 is 0 Å². The Kier molecular flexibility index (Phi) is 5.67. The SMILES string of the molecule is CC(C)Oc1c(Nc2ncc(C3CC3)nc2C(=O)O)cccc1C1CCOCC1. The van der Waals surface area contributed by atoms with Crippen LogP contribution < -0.4 is 10.1 Å². The number of benzene rings is 1. The first kappa shape index (κ1) is 19.6. The molecule has 0 bridgehead atoms. The third-order valence-electron chi connectivity index (χ3n) is 5.30. The molecule has 2 heterocycles. The van der Waals surface area contributed by atoms with Gasteiger partial charge in [0.15, 0.2) is 11.5 Å². The molecular formula is C22H27N3O4. The molecule has 2 aromatic rings. The van der Waals surface area contributed by atoms with E-state index in [0.717, 1.165) is 55.9 Å². The van der Waals surface area contributed by atoms with Crippen molar-refractivity contribution in [1.29, 1.82) is 0 Å². The van der Waals surface area contributed by atoms with Gasteiger partial charge < -0.3 is 19.9 Å². The molecule has 2 fully saturated rings. The van der Waals surface area contributed by atoms with Crippen molar-refractivity contribution >= 4 is 17.5 Å². The van der Waals surface area contributed by atoms with Gasteiger partial charge in [-0.05, 0) is 57.1 Å². The topological polar surface area (TPSA) is 93.6 Å². The number of hydrogen-bond donors (Lipinski definition) is 2. The zero-order valence-corrected chi connectivity index (χ0v) is 16.9. The predicted molar refractivity (Wildman–Crippen MR) is 109 cm³/mol. The summed E-state index contributed by atoms with van der Waals surface area (Å²) in [4.78, 5) is 20.5. The fourth-order valence-corrected chi connectivity index (χ4v) is 3.70. The zero-order chi connectivity index (χ0) is 20.4. The molecule has 154 valence electrons. The van der Waals surface area contributed by atoms with Crippen LogP contribution in [0.15, 0.2) is 24.4 Å². The van der Waals surface area contributed by atoms with Gasteiger partial charge in [-0.25, -0.2) is 14.8 Å². The number of anilines is 2. The van der Waals surface area contributed by atoms with Crippen LogP contribution in [0.2, 0.25) is 0 Å². The molecule has 29 heavy (non-hydrogen) atoms. The van der Waals surface area contributed by atoms with E-state index in [4.69, 9.17) is 9.47 Å². The van der Waals surface area contributed by atoms with E-state index in [1.165, 1.54) is 0 Å². The van der Waals surface area contributed by atoms with E-state index in [2.05, 4.69) is 21.4 Å². The molecule has 0 amide bonds. The average Bonchev–Trinajstić information content (AvgIpc) is 3.55. The average molecular weight is 397 g/mol. The molecule has 1 saturated carbocycles. The minimum atomic E-state index is -1.09. The summed E-state index contributed by atoms with van der Waals surface area (Å²) >= 11 is 0. The first-order valence-corrected chi connectivity index (χ1v) is 10.3. The van der Waals surface area contributed by atoms with Gasteiger partial charge in [0.1, 0.15) is 5.75 Å². The lowest BCUT2D eigenvalue weighted by Gasteiger charge is -2.27. The molecule has 4 rings (SSSR count). The quantitative estimate of drug-likeness (QED) is 0.711. The minimum Gasteiger partial charge on any atom is -0.489 e. The summed E-state index contributed by atoms with van der Waals surface area (Å²) < 4.78 is 11.7. The first-order valence-electron chi connectivity index (χ1n) is 10.3. The molecule has 7 heteroatoms. The van der Waals surface area contributed by atoms with Gasteiger partial charge in [0.25, 0.3) is 0 Å². The maximum Gasteiger partial charge on any atom is 0.358 e. The van der Waals surface area contributed by atoms with E-state index < -0.39 is 5.97 Å². The van der Waals surface area contributed by atoms with Crippen LogP contribution in [0.5, 0.6) is 5.75 Å². The van der Waals surface area contributed by atoms with E-state index in [0.29, 0.717) is 17.5 Å². The van der Waals surface area contributed by atoms with E-state index >= 15 is 0 Å². The summed E-state index contributed by atoms with van der Waals surface area (Å²) in [5, 5.41) is 12.8. The smallest absolute Gasteiger partial charge is 0.358 e. The summed E-state index contributed by atoms with van der Waals surface area (Å²) in [6, 6.07) is 5.94. The number of rotatable bonds is 7. The Morgan fingerprint density at radius 3 is 2.62 bits per heavy atom. The fourth-order valence-electron chi connectivity index (χ4n) is 3.70. The third-order valence-corrected chi connectivity index (χ3v) is 5.30. The summed E-state index contributed by atoms with van der Waals surface area (Å²) in [6.45, 7) is 5.44. The second kappa shape index (κ2) is 8.37. The van der Waals surface area contributed by atoms with Crippen molar-refractivity contribution in [2.45, 2.75) is 57.5 Å². The van der Waals surface area contributed by atoms with Crippen LogP contribution in [-0.4, -0.2) is 40.4 Å². The van der Waals surface area contributed by atoms with Gasteiger partial charge in [-0.1, -0.05) is 12.1 Å². The number of carbonyl (C=O) groups is 1. The summed E-state index contributed by atoms with van der Waals surface area (Å²) in [7, 11) is 0. The van der Waals surface area contributed by atoms with Crippen molar-refractivity contribution in [1.82, 2.24) is 9.97 Å². The van der Waals surface area contributed by atoms with Crippen molar-refractivity contribution in [2.75, 3.05) is 18.5 Å². The number of carboxylic acids is 1. The molecule has 1 aliphatic heterocycles. The molecule has 1 aromatic heterocycles. The lowest BCUT2D eigenvalue weighted by atomic mass is 9.90. The highest BCUT2D eigenvalue weighted by atomic mass is 16.5. The van der Waals surface area contributed by atoms with Gasteiger partial charge >= 0.3 is 5.97 Å². The predicted octanol–water partition coefficient (Wildman–Crippen LogP) is 4.48. The third kappa shape index (κ3) is 4.50. The number of nitrogens with one attached hydrogen (secondary N) is 1. The van der Waals surface area contributed by atoms with Gasteiger partial charge in [-0.3, -0.25) is 0 Å². The second-order valence-corrected chi connectivity index (χ2v) is 7.97. The number of hydrogen-bond acceptors (Lipinski definition) is 6. The number of ether oxygens (including phenoxy) is 2. The molecule has 0 unspecified atom stereocenters. The lowest BCUT2D eigenvalue weighted by Crippen LogP contribution is -2.17. The van der Waals surface area contributed by atoms with Crippen molar-refractivity contribution in [3.05, 3.63) is 41.3 Å². The summed E-state index contributed by atoms with van der Waals surface area (Å²) in [6.07, 6.45) is 5.62. The Morgan fingerprint density at radius 1 is 1.21 bits per heavy atom. The molecule has 7 nitrogen and oxygen atoms in total. The van der Waals surface area contributed by atoms with Crippen LogP contribution in [0.25, 0.3) is 0 Å².